The van der Waals surface area contributed by atoms with Crippen molar-refractivity contribution in [1.82, 2.24) is 10.2 Å². The Bertz CT molecular complexity index is 519. The first-order valence-electron chi connectivity index (χ1n) is 8.73. The minimum Gasteiger partial charge on any atom is -0.483 e. The molecule has 1 fully saturated rings. The van der Waals surface area contributed by atoms with E-state index in [0.717, 1.165) is 55.8 Å². The molecule has 24 heavy (non-hydrogen) atoms. The predicted molar refractivity (Wildman–Crippen MR) is 101 cm³/mol. The maximum absolute atomic E-state index is 12.7. The quantitative estimate of drug-likeness (QED) is 0.851. The summed E-state index contributed by atoms with van der Waals surface area (Å²) in [6, 6.07) is 4.56. The zero-order chi connectivity index (χ0) is 16.8. The van der Waals surface area contributed by atoms with Crippen molar-refractivity contribution >= 4 is 18.3 Å². The molecule has 1 aromatic rings. The lowest BCUT2D eigenvalue weighted by molar-refractivity contribution is -0.136. The van der Waals surface area contributed by atoms with Crippen LogP contribution in [0, 0.1) is 20.8 Å². The molecule has 0 atom stereocenters. The molecule has 0 spiro atoms. The highest BCUT2D eigenvalue weighted by Crippen LogP contribution is 2.24. The highest BCUT2D eigenvalue weighted by molar-refractivity contribution is 5.85. The molecule has 0 bridgehead atoms. The van der Waals surface area contributed by atoms with E-state index in [1.165, 1.54) is 5.56 Å². The summed E-state index contributed by atoms with van der Waals surface area (Å²) in [6.45, 7) is 11.2. The minimum absolute atomic E-state index is 0. The summed E-state index contributed by atoms with van der Waals surface area (Å²) in [4.78, 5) is 14.7. The smallest absolute Gasteiger partial charge is 0.260 e. The fourth-order valence-electron chi connectivity index (χ4n) is 3.48. The maximum Gasteiger partial charge on any atom is 0.260 e. The number of hydrogen-bond donors (Lipinski definition) is 1. The van der Waals surface area contributed by atoms with Crippen LogP contribution in [0.25, 0.3) is 0 Å². The van der Waals surface area contributed by atoms with Gasteiger partial charge >= 0.3 is 0 Å². The average Bonchev–Trinajstić information content (AvgIpc) is 2.52. The van der Waals surface area contributed by atoms with Crippen LogP contribution in [-0.2, 0) is 4.79 Å². The van der Waals surface area contributed by atoms with Gasteiger partial charge in [-0.25, -0.2) is 0 Å². The van der Waals surface area contributed by atoms with E-state index in [9.17, 15) is 4.79 Å². The van der Waals surface area contributed by atoms with Gasteiger partial charge in [0.2, 0.25) is 0 Å². The van der Waals surface area contributed by atoms with Gasteiger partial charge in [0.25, 0.3) is 5.91 Å². The third kappa shape index (κ3) is 5.38. The SMILES string of the molecule is CCCN(C(=O)COc1c(C)cc(C)cc1C)C1CCNCC1.Cl. The summed E-state index contributed by atoms with van der Waals surface area (Å²) in [7, 11) is 0. The Morgan fingerprint density at radius 2 is 1.79 bits per heavy atom. The van der Waals surface area contributed by atoms with Gasteiger partial charge < -0.3 is 15.0 Å². The van der Waals surface area contributed by atoms with Gasteiger partial charge in [-0.1, -0.05) is 24.6 Å². The van der Waals surface area contributed by atoms with Crippen LogP contribution in [0.5, 0.6) is 5.75 Å². The molecule has 136 valence electrons. The molecule has 0 aliphatic carbocycles. The number of ether oxygens (including phenoxy) is 1. The standard InChI is InChI=1S/C19H30N2O2.ClH/c1-5-10-21(17-6-8-20-9-7-17)18(22)13-23-19-15(3)11-14(2)12-16(19)4;/h11-12,17,20H,5-10,13H2,1-4H3;1H. The van der Waals surface area contributed by atoms with Crippen molar-refractivity contribution in [2.24, 2.45) is 0 Å². The van der Waals surface area contributed by atoms with E-state index in [1.54, 1.807) is 0 Å². The fourth-order valence-corrected chi connectivity index (χ4v) is 3.48. The first-order chi connectivity index (χ1) is 11.0. The summed E-state index contributed by atoms with van der Waals surface area (Å²) in [6.07, 6.45) is 3.06. The number of carbonyl (C=O) groups is 1. The molecule has 0 aromatic heterocycles. The van der Waals surface area contributed by atoms with Crippen LogP contribution in [0.1, 0.15) is 42.9 Å². The van der Waals surface area contributed by atoms with Gasteiger partial charge in [-0.15, -0.1) is 12.4 Å². The van der Waals surface area contributed by atoms with E-state index in [2.05, 4.69) is 31.3 Å². The second-order valence-electron chi connectivity index (χ2n) is 6.58. The van der Waals surface area contributed by atoms with E-state index in [-0.39, 0.29) is 24.9 Å². The number of halogens is 1. The van der Waals surface area contributed by atoms with Gasteiger partial charge in [-0.3, -0.25) is 4.79 Å². The lowest BCUT2D eigenvalue weighted by Crippen LogP contribution is -2.48. The fraction of sp³-hybridized carbons (Fsp3) is 0.632. The predicted octanol–water partition coefficient (Wildman–Crippen LogP) is 3.40. The van der Waals surface area contributed by atoms with Crippen molar-refractivity contribution in [2.75, 3.05) is 26.2 Å². The van der Waals surface area contributed by atoms with Crippen molar-refractivity contribution in [3.05, 3.63) is 28.8 Å². The van der Waals surface area contributed by atoms with Crippen molar-refractivity contribution in [2.45, 2.75) is 53.0 Å². The Hall–Kier alpha value is -1.26. The molecule has 1 aliphatic rings. The van der Waals surface area contributed by atoms with Gasteiger partial charge in [0.05, 0.1) is 0 Å². The molecule has 0 unspecified atom stereocenters. The molecule has 5 heteroatoms. The number of rotatable bonds is 6. The number of nitrogens with one attached hydrogen (secondary N) is 1. The molecule has 1 amide bonds. The molecule has 1 heterocycles. The summed E-state index contributed by atoms with van der Waals surface area (Å²) >= 11 is 0. The number of amides is 1. The van der Waals surface area contributed by atoms with Crippen LogP contribution in [0.3, 0.4) is 0 Å². The molecule has 2 rings (SSSR count). The van der Waals surface area contributed by atoms with Crippen LogP contribution < -0.4 is 10.1 Å². The molecule has 0 radical (unpaired) electrons. The second-order valence-corrected chi connectivity index (χ2v) is 6.58. The van der Waals surface area contributed by atoms with Gasteiger partial charge in [0.15, 0.2) is 6.61 Å². The number of nitrogens with zero attached hydrogens (tertiary/aromatic N) is 1. The van der Waals surface area contributed by atoms with E-state index in [0.29, 0.717) is 6.04 Å². The summed E-state index contributed by atoms with van der Waals surface area (Å²) in [5.74, 6) is 0.962. The molecule has 1 aliphatic heterocycles. The summed E-state index contributed by atoms with van der Waals surface area (Å²) < 4.78 is 5.90. The maximum atomic E-state index is 12.7. The normalized spacial score (nSPS) is 14.8. The van der Waals surface area contributed by atoms with E-state index >= 15 is 0 Å². The number of carbonyl (C=O) groups excluding carboxylic acids is 1. The topological polar surface area (TPSA) is 41.6 Å². The molecule has 1 aromatic carbocycles. The zero-order valence-corrected chi connectivity index (χ0v) is 16.2. The Morgan fingerprint density at radius 3 is 2.33 bits per heavy atom. The first kappa shape index (κ1) is 20.8. The van der Waals surface area contributed by atoms with Crippen LogP contribution in [0.2, 0.25) is 0 Å². The summed E-state index contributed by atoms with van der Waals surface area (Å²) in [5.41, 5.74) is 3.42. The molecule has 0 saturated carbocycles. The number of hydrogen-bond acceptors (Lipinski definition) is 3. The Labute approximate surface area is 152 Å². The Kier molecular flexibility index (Phi) is 8.57. The second kappa shape index (κ2) is 9.90. The van der Waals surface area contributed by atoms with E-state index < -0.39 is 0 Å². The zero-order valence-electron chi connectivity index (χ0n) is 15.4. The van der Waals surface area contributed by atoms with Crippen molar-refractivity contribution in [3.63, 3.8) is 0 Å². The summed E-state index contributed by atoms with van der Waals surface area (Å²) in [5, 5.41) is 3.36. The Morgan fingerprint density at radius 1 is 1.21 bits per heavy atom. The van der Waals surface area contributed by atoms with Crippen molar-refractivity contribution in [3.8, 4) is 5.75 Å². The number of aryl methyl sites for hydroxylation is 3. The minimum atomic E-state index is 0. The van der Waals surface area contributed by atoms with Crippen LogP contribution in [0.4, 0.5) is 0 Å². The van der Waals surface area contributed by atoms with Crippen LogP contribution in [-0.4, -0.2) is 43.1 Å². The monoisotopic (exact) mass is 354 g/mol. The molecule has 4 nitrogen and oxygen atoms in total. The third-order valence-corrected chi connectivity index (χ3v) is 4.48. The van der Waals surface area contributed by atoms with Crippen LogP contribution >= 0.6 is 12.4 Å². The van der Waals surface area contributed by atoms with E-state index in [4.69, 9.17) is 4.74 Å². The van der Waals surface area contributed by atoms with Gasteiger partial charge in [-0.2, -0.15) is 0 Å². The lowest BCUT2D eigenvalue weighted by atomic mass is 10.0. The third-order valence-electron chi connectivity index (χ3n) is 4.48. The number of piperidine rings is 1. The lowest BCUT2D eigenvalue weighted by Gasteiger charge is -2.34. The molecule has 1 N–H and O–H groups in total. The molecule has 1 saturated heterocycles. The first-order valence-corrected chi connectivity index (χ1v) is 8.73. The number of benzene rings is 1. The van der Waals surface area contributed by atoms with Crippen LogP contribution in [0.15, 0.2) is 12.1 Å². The highest BCUT2D eigenvalue weighted by atomic mass is 35.5. The molecular formula is C19H31ClN2O2. The molecular weight excluding hydrogens is 324 g/mol. The van der Waals surface area contributed by atoms with Gasteiger partial charge in [0.1, 0.15) is 5.75 Å². The van der Waals surface area contributed by atoms with E-state index in [1.807, 2.05) is 18.7 Å². The van der Waals surface area contributed by atoms with Crippen molar-refractivity contribution in [1.29, 1.82) is 0 Å². The highest BCUT2D eigenvalue weighted by Gasteiger charge is 2.25. The van der Waals surface area contributed by atoms with Crippen molar-refractivity contribution < 1.29 is 9.53 Å². The largest absolute Gasteiger partial charge is 0.483 e. The van der Waals surface area contributed by atoms with Gasteiger partial charge in [-0.05, 0) is 64.3 Å². The van der Waals surface area contributed by atoms with Gasteiger partial charge in [0, 0.05) is 12.6 Å². The Balaban J connectivity index is 0.00000288. The average molecular weight is 355 g/mol.